The van der Waals surface area contributed by atoms with E-state index >= 15 is 0 Å². The molecule has 0 aliphatic carbocycles. The summed E-state index contributed by atoms with van der Waals surface area (Å²) in [6.45, 7) is 12.4. The fourth-order valence-corrected chi connectivity index (χ4v) is 8.07. The summed E-state index contributed by atoms with van der Waals surface area (Å²) in [5.74, 6) is -0.172. The number of carbonyl (C=O) groups is 2. The van der Waals surface area contributed by atoms with Crippen LogP contribution in [0.5, 0.6) is 0 Å². The number of unbranched alkanes of at least 4 members (excludes halogenated alkanes) is 21. The van der Waals surface area contributed by atoms with Crippen molar-refractivity contribution < 1.29 is 38.2 Å². The van der Waals surface area contributed by atoms with Gasteiger partial charge in [0.1, 0.15) is 25.3 Å². The van der Waals surface area contributed by atoms with Gasteiger partial charge in [-0.15, -0.1) is 0 Å². The standard InChI is InChI=1S/C48H99N3O6/c1-8-11-14-17-20-22-24-26-29-34-47(54)56-39-32-37-50(4,5)43-45(52)41-49(36-31-28-19-16-13-10-3)42-46(53)44-51(6,7)38-33-40-57-48(55)35-30-27-25-23-21-18-15-12-9-2/h45-46,52-53H,8-44H2,1-7H3/q+2. The number of aliphatic hydroxyl groups excluding tert-OH is 2. The molecule has 0 amide bonds. The summed E-state index contributed by atoms with van der Waals surface area (Å²) >= 11 is 0. The zero-order valence-corrected chi connectivity index (χ0v) is 39.2. The summed E-state index contributed by atoms with van der Waals surface area (Å²) in [6, 6.07) is 0. The zero-order chi connectivity index (χ0) is 42.5. The Labute approximate surface area is 354 Å². The van der Waals surface area contributed by atoms with Gasteiger partial charge in [0.15, 0.2) is 0 Å². The van der Waals surface area contributed by atoms with Crippen molar-refractivity contribution in [3.05, 3.63) is 0 Å². The minimum atomic E-state index is -0.519. The molecule has 0 aromatic heterocycles. The van der Waals surface area contributed by atoms with Crippen LogP contribution in [-0.2, 0) is 19.1 Å². The first-order chi connectivity index (χ1) is 27.3. The van der Waals surface area contributed by atoms with Crippen LogP contribution >= 0.6 is 0 Å². The molecule has 0 saturated heterocycles. The first-order valence-electron chi connectivity index (χ1n) is 24.4. The van der Waals surface area contributed by atoms with Crippen LogP contribution in [0.25, 0.3) is 0 Å². The quantitative estimate of drug-likeness (QED) is 0.0360. The normalized spacial score (nSPS) is 13.3. The van der Waals surface area contributed by atoms with E-state index < -0.39 is 12.2 Å². The molecule has 340 valence electrons. The fourth-order valence-electron chi connectivity index (χ4n) is 8.07. The average Bonchev–Trinajstić information content (AvgIpc) is 3.14. The summed E-state index contributed by atoms with van der Waals surface area (Å²) in [7, 11) is 8.53. The van der Waals surface area contributed by atoms with Crippen LogP contribution < -0.4 is 0 Å². The summed E-state index contributed by atoms with van der Waals surface area (Å²) in [5.41, 5.74) is 0. The largest absolute Gasteiger partial charge is 0.465 e. The van der Waals surface area contributed by atoms with E-state index in [1.165, 1.54) is 122 Å². The van der Waals surface area contributed by atoms with Gasteiger partial charge in [0.25, 0.3) is 0 Å². The molecular formula is C48H99N3O6+2. The monoisotopic (exact) mass is 814 g/mol. The lowest BCUT2D eigenvalue weighted by atomic mass is 10.1. The molecule has 2 atom stereocenters. The highest BCUT2D eigenvalue weighted by atomic mass is 16.5. The summed E-state index contributed by atoms with van der Waals surface area (Å²) < 4.78 is 12.4. The molecule has 9 nitrogen and oxygen atoms in total. The molecule has 2 N–H and O–H groups in total. The van der Waals surface area contributed by atoms with Gasteiger partial charge in [0, 0.05) is 38.8 Å². The van der Waals surface area contributed by atoms with Crippen molar-refractivity contribution in [1.82, 2.24) is 4.90 Å². The van der Waals surface area contributed by atoms with E-state index in [4.69, 9.17) is 9.47 Å². The highest BCUT2D eigenvalue weighted by molar-refractivity contribution is 5.69. The Morgan fingerprint density at radius 3 is 1.09 bits per heavy atom. The molecule has 0 saturated carbocycles. The number of hydrogen-bond donors (Lipinski definition) is 2. The van der Waals surface area contributed by atoms with Crippen molar-refractivity contribution in [3.63, 3.8) is 0 Å². The molecule has 0 aliphatic rings. The maximum absolute atomic E-state index is 12.3. The third-order valence-corrected chi connectivity index (χ3v) is 11.5. The number of hydrogen-bond acceptors (Lipinski definition) is 7. The minimum Gasteiger partial charge on any atom is -0.465 e. The lowest BCUT2D eigenvalue weighted by Gasteiger charge is -2.36. The van der Waals surface area contributed by atoms with Gasteiger partial charge in [-0.05, 0) is 25.8 Å². The first kappa shape index (κ1) is 55.7. The highest BCUT2D eigenvalue weighted by Crippen LogP contribution is 2.14. The lowest BCUT2D eigenvalue weighted by molar-refractivity contribution is -0.893. The number of aliphatic hydroxyl groups is 2. The number of likely N-dealkylation sites (N-methyl/N-ethyl adjacent to an activating group) is 2. The third kappa shape index (κ3) is 38.7. The Morgan fingerprint density at radius 2 is 0.754 bits per heavy atom. The predicted octanol–water partition coefficient (Wildman–Crippen LogP) is 10.2. The van der Waals surface area contributed by atoms with Crippen LogP contribution in [0.3, 0.4) is 0 Å². The topological polar surface area (TPSA) is 96.3 Å². The number of carbonyl (C=O) groups excluding carboxylic acids is 2. The van der Waals surface area contributed by atoms with E-state index in [1.54, 1.807) is 0 Å². The number of nitrogens with zero attached hydrogens (tertiary/aromatic N) is 3. The van der Waals surface area contributed by atoms with Crippen molar-refractivity contribution in [2.45, 2.75) is 213 Å². The summed E-state index contributed by atoms with van der Waals surface area (Å²) in [6.07, 6.45) is 31.0. The van der Waals surface area contributed by atoms with Crippen molar-refractivity contribution in [3.8, 4) is 0 Å². The molecule has 0 aromatic carbocycles. The van der Waals surface area contributed by atoms with Gasteiger partial charge in [-0.25, -0.2) is 0 Å². The molecule has 2 unspecified atom stereocenters. The van der Waals surface area contributed by atoms with Crippen molar-refractivity contribution in [1.29, 1.82) is 0 Å². The van der Waals surface area contributed by atoms with Gasteiger partial charge in [-0.1, -0.05) is 156 Å². The maximum Gasteiger partial charge on any atom is 0.305 e. The zero-order valence-electron chi connectivity index (χ0n) is 39.2. The molecule has 0 aliphatic heterocycles. The van der Waals surface area contributed by atoms with E-state index in [-0.39, 0.29) is 11.9 Å². The van der Waals surface area contributed by atoms with E-state index in [2.05, 4.69) is 53.9 Å². The average molecular weight is 814 g/mol. The van der Waals surface area contributed by atoms with E-state index in [0.717, 1.165) is 64.6 Å². The SMILES string of the molecule is CCCCCCCCCCCC(=O)OCCC[N+](C)(C)CC(O)CN(CCCCCCCC)CC(O)C[N+](C)(C)CCCOC(=O)CCCCCCCCCCC. The van der Waals surface area contributed by atoms with Gasteiger partial charge in [0.05, 0.1) is 54.5 Å². The van der Waals surface area contributed by atoms with E-state index in [1.807, 2.05) is 0 Å². The van der Waals surface area contributed by atoms with Crippen molar-refractivity contribution in [2.24, 2.45) is 0 Å². The molecule has 57 heavy (non-hydrogen) atoms. The second kappa shape index (κ2) is 37.7. The van der Waals surface area contributed by atoms with Crippen LogP contribution in [0.4, 0.5) is 0 Å². The Hall–Kier alpha value is -1.26. The minimum absolute atomic E-state index is 0.0861. The van der Waals surface area contributed by atoms with Crippen LogP contribution in [0, 0.1) is 0 Å². The molecule has 0 aromatic rings. The molecule has 0 fully saturated rings. The Morgan fingerprint density at radius 1 is 0.456 bits per heavy atom. The van der Waals surface area contributed by atoms with Crippen molar-refractivity contribution >= 4 is 11.9 Å². The van der Waals surface area contributed by atoms with E-state index in [0.29, 0.717) is 61.2 Å². The van der Waals surface area contributed by atoms with Crippen molar-refractivity contribution in [2.75, 3.05) is 87.2 Å². The van der Waals surface area contributed by atoms with Gasteiger partial charge < -0.3 is 28.7 Å². The molecule has 9 heteroatoms. The molecule has 0 spiro atoms. The van der Waals surface area contributed by atoms with Gasteiger partial charge in [0.2, 0.25) is 0 Å². The third-order valence-electron chi connectivity index (χ3n) is 11.5. The number of esters is 2. The summed E-state index contributed by atoms with van der Waals surface area (Å²) in [5, 5.41) is 22.6. The molecule has 0 bridgehead atoms. The number of rotatable bonds is 43. The molecule has 0 heterocycles. The Kier molecular flexibility index (Phi) is 36.9. The Balaban J connectivity index is 4.57. The number of quaternary nitrogens is 2. The second-order valence-corrected chi connectivity index (χ2v) is 18.8. The van der Waals surface area contributed by atoms with Crippen LogP contribution in [0.2, 0.25) is 0 Å². The van der Waals surface area contributed by atoms with E-state index in [9.17, 15) is 19.8 Å². The van der Waals surface area contributed by atoms with Gasteiger partial charge in [-0.3, -0.25) is 14.5 Å². The maximum atomic E-state index is 12.3. The fraction of sp³-hybridized carbons (Fsp3) is 0.958. The van der Waals surface area contributed by atoms with Crippen LogP contribution in [0.15, 0.2) is 0 Å². The molecular weight excluding hydrogens is 715 g/mol. The van der Waals surface area contributed by atoms with Crippen LogP contribution in [-0.4, -0.2) is 135 Å². The van der Waals surface area contributed by atoms with Gasteiger partial charge >= 0.3 is 11.9 Å². The van der Waals surface area contributed by atoms with Crippen LogP contribution in [0.1, 0.15) is 201 Å². The number of ether oxygens (including phenoxy) is 2. The highest BCUT2D eigenvalue weighted by Gasteiger charge is 2.26. The second-order valence-electron chi connectivity index (χ2n) is 18.8. The predicted molar refractivity (Wildman–Crippen MR) is 240 cm³/mol. The Bertz CT molecular complexity index is 853. The van der Waals surface area contributed by atoms with Gasteiger partial charge in [-0.2, -0.15) is 0 Å². The smallest absolute Gasteiger partial charge is 0.305 e. The molecule has 0 radical (unpaired) electrons. The first-order valence-corrected chi connectivity index (χ1v) is 24.4. The molecule has 0 rings (SSSR count). The lowest BCUT2D eigenvalue weighted by Crippen LogP contribution is -2.52. The summed E-state index contributed by atoms with van der Waals surface area (Å²) in [4.78, 5) is 26.8.